The number of amides is 1. The molecule has 0 radical (unpaired) electrons. The number of benzene rings is 1. The summed E-state index contributed by atoms with van der Waals surface area (Å²) in [5.41, 5.74) is 5.48. The lowest BCUT2D eigenvalue weighted by Gasteiger charge is -2.33. The fourth-order valence-electron chi connectivity index (χ4n) is 2.04. The number of carbonyl (C=O) groups excluding carboxylic acids is 1. The Bertz CT molecular complexity index is 476. The smallest absolute Gasteiger partial charge is 0.237 e. The Labute approximate surface area is 110 Å². The summed E-state index contributed by atoms with van der Waals surface area (Å²) in [7, 11) is 0. The van der Waals surface area contributed by atoms with Gasteiger partial charge in [0.1, 0.15) is 5.82 Å². The number of primary amides is 1. The number of carbonyl (C=O) groups is 1. The van der Waals surface area contributed by atoms with Gasteiger partial charge in [-0.15, -0.1) is 11.8 Å². The molecule has 1 unspecified atom stereocenters. The molecule has 1 aromatic rings. The van der Waals surface area contributed by atoms with Crippen molar-refractivity contribution in [3.8, 4) is 0 Å². The zero-order valence-electron chi connectivity index (χ0n) is 10.5. The lowest BCUT2D eigenvalue weighted by atomic mass is 9.97. The Balaban J connectivity index is 2.29. The number of fused-ring (bicyclic) bond motifs is 1. The highest BCUT2D eigenvalue weighted by atomic mass is 32.2. The lowest BCUT2D eigenvalue weighted by Crippen LogP contribution is -2.52. The molecule has 3 nitrogen and oxygen atoms in total. The van der Waals surface area contributed by atoms with E-state index in [2.05, 4.69) is 5.32 Å². The van der Waals surface area contributed by atoms with E-state index >= 15 is 0 Å². The van der Waals surface area contributed by atoms with Crippen LogP contribution in [0.1, 0.15) is 31.9 Å². The van der Waals surface area contributed by atoms with Crippen molar-refractivity contribution in [3.05, 3.63) is 29.6 Å². The summed E-state index contributed by atoms with van der Waals surface area (Å²) in [6, 6.07) is 5.04. The van der Waals surface area contributed by atoms with Crippen LogP contribution in [-0.2, 0) is 4.79 Å². The van der Waals surface area contributed by atoms with Crippen molar-refractivity contribution in [1.29, 1.82) is 0 Å². The van der Waals surface area contributed by atoms with E-state index in [4.69, 9.17) is 5.73 Å². The third-order valence-electron chi connectivity index (χ3n) is 3.18. The molecular weight excluding hydrogens is 251 g/mol. The van der Waals surface area contributed by atoms with Gasteiger partial charge < -0.3 is 5.73 Å². The van der Waals surface area contributed by atoms with Gasteiger partial charge in [0.25, 0.3) is 0 Å². The van der Waals surface area contributed by atoms with E-state index in [0.29, 0.717) is 4.90 Å². The van der Waals surface area contributed by atoms with Gasteiger partial charge in [-0.2, -0.15) is 0 Å². The highest BCUT2D eigenvalue weighted by Crippen LogP contribution is 2.38. The maximum atomic E-state index is 13.7. The molecule has 5 heteroatoms. The number of hydrogen-bond acceptors (Lipinski definition) is 3. The summed E-state index contributed by atoms with van der Waals surface area (Å²) in [5, 5.41) is 3.22. The van der Waals surface area contributed by atoms with Gasteiger partial charge in [0.2, 0.25) is 5.91 Å². The van der Waals surface area contributed by atoms with Crippen LogP contribution in [0.3, 0.4) is 0 Å². The molecule has 0 fully saturated rings. The predicted octanol–water partition coefficient (Wildman–Crippen LogP) is 2.22. The van der Waals surface area contributed by atoms with Gasteiger partial charge >= 0.3 is 0 Å². The van der Waals surface area contributed by atoms with Gasteiger partial charge in [0, 0.05) is 10.9 Å². The number of thioether (sulfide) groups is 1. The van der Waals surface area contributed by atoms with Crippen LogP contribution in [0.2, 0.25) is 0 Å². The van der Waals surface area contributed by atoms with E-state index in [-0.39, 0.29) is 11.9 Å². The van der Waals surface area contributed by atoms with Crippen LogP contribution < -0.4 is 11.1 Å². The Kier molecular flexibility index (Phi) is 3.64. The predicted molar refractivity (Wildman–Crippen MR) is 70.9 cm³/mol. The van der Waals surface area contributed by atoms with E-state index in [1.54, 1.807) is 19.9 Å². The summed E-state index contributed by atoms with van der Waals surface area (Å²) in [5.74, 6) is 0.236. The average Bonchev–Trinajstić information content (AvgIpc) is 2.30. The van der Waals surface area contributed by atoms with Gasteiger partial charge in [0.05, 0.1) is 5.54 Å². The van der Waals surface area contributed by atoms with E-state index in [1.165, 1.54) is 17.8 Å². The molecule has 0 spiro atoms. The molecule has 2 rings (SSSR count). The second kappa shape index (κ2) is 4.90. The minimum Gasteiger partial charge on any atom is -0.368 e. The number of halogens is 1. The molecule has 1 heterocycles. The van der Waals surface area contributed by atoms with Crippen LogP contribution in [0.4, 0.5) is 4.39 Å². The fraction of sp³-hybridized carbons (Fsp3) is 0.462. The molecule has 0 bridgehead atoms. The SMILES string of the molecule is CC(C)(NC1CCSc2c(F)cccc21)C(N)=O. The van der Waals surface area contributed by atoms with Crippen molar-refractivity contribution in [3.63, 3.8) is 0 Å². The van der Waals surface area contributed by atoms with Gasteiger partial charge in [-0.25, -0.2) is 4.39 Å². The molecule has 18 heavy (non-hydrogen) atoms. The molecule has 0 aliphatic carbocycles. The van der Waals surface area contributed by atoms with Gasteiger partial charge in [-0.3, -0.25) is 10.1 Å². The monoisotopic (exact) mass is 268 g/mol. The summed E-state index contributed by atoms with van der Waals surface area (Å²) in [6.07, 6.45) is 0.859. The molecule has 0 saturated carbocycles. The van der Waals surface area contributed by atoms with E-state index in [0.717, 1.165) is 17.7 Å². The Morgan fingerprint density at radius 1 is 1.56 bits per heavy atom. The molecule has 98 valence electrons. The summed E-state index contributed by atoms with van der Waals surface area (Å²) >= 11 is 1.52. The van der Waals surface area contributed by atoms with Crippen LogP contribution in [0.15, 0.2) is 23.1 Å². The summed E-state index contributed by atoms with van der Waals surface area (Å²) < 4.78 is 13.7. The largest absolute Gasteiger partial charge is 0.368 e. The number of hydrogen-bond donors (Lipinski definition) is 2. The number of nitrogens with one attached hydrogen (secondary N) is 1. The van der Waals surface area contributed by atoms with Crippen molar-refractivity contribution in [2.24, 2.45) is 5.73 Å². The van der Waals surface area contributed by atoms with Gasteiger partial charge in [-0.05, 0) is 37.7 Å². The minimum absolute atomic E-state index is 0.0283. The minimum atomic E-state index is -0.795. The highest BCUT2D eigenvalue weighted by Gasteiger charge is 2.31. The standard InChI is InChI=1S/C13H17FN2OS/c1-13(2,12(15)17)16-10-6-7-18-11-8(10)4-3-5-9(11)14/h3-5,10,16H,6-7H2,1-2H3,(H2,15,17). The Hall–Kier alpha value is -1.07. The van der Waals surface area contributed by atoms with Crippen molar-refractivity contribution >= 4 is 17.7 Å². The van der Waals surface area contributed by atoms with Crippen molar-refractivity contribution in [2.75, 3.05) is 5.75 Å². The molecule has 3 N–H and O–H groups in total. The lowest BCUT2D eigenvalue weighted by molar-refractivity contribution is -0.123. The van der Waals surface area contributed by atoms with Crippen LogP contribution in [0, 0.1) is 5.82 Å². The van der Waals surface area contributed by atoms with E-state index < -0.39 is 11.4 Å². The van der Waals surface area contributed by atoms with Crippen LogP contribution in [0.5, 0.6) is 0 Å². The molecule has 0 aromatic heterocycles. The molecular formula is C13H17FN2OS. The second-order valence-electron chi connectivity index (χ2n) is 4.98. The maximum Gasteiger partial charge on any atom is 0.237 e. The topological polar surface area (TPSA) is 55.1 Å². The first-order valence-corrected chi connectivity index (χ1v) is 6.89. The van der Waals surface area contributed by atoms with Gasteiger partial charge in [-0.1, -0.05) is 12.1 Å². The molecule has 1 aliphatic rings. The average molecular weight is 268 g/mol. The van der Waals surface area contributed by atoms with Crippen LogP contribution in [-0.4, -0.2) is 17.2 Å². The van der Waals surface area contributed by atoms with E-state index in [9.17, 15) is 9.18 Å². The molecule has 1 aromatic carbocycles. The first-order chi connectivity index (χ1) is 8.42. The number of nitrogens with two attached hydrogens (primary N) is 1. The molecule has 1 atom stereocenters. The zero-order valence-corrected chi connectivity index (χ0v) is 11.3. The fourth-order valence-corrected chi connectivity index (χ4v) is 3.18. The van der Waals surface area contributed by atoms with Crippen LogP contribution in [0.25, 0.3) is 0 Å². The highest BCUT2D eigenvalue weighted by molar-refractivity contribution is 7.99. The quantitative estimate of drug-likeness (QED) is 0.883. The first kappa shape index (κ1) is 13.4. The Morgan fingerprint density at radius 2 is 2.28 bits per heavy atom. The van der Waals surface area contributed by atoms with Crippen molar-refractivity contribution in [2.45, 2.75) is 36.7 Å². The van der Waals surface area contributed by atoms with Crippen molar-refractivity contribution in [1.82, 2.24) is 5.32 Å². The third-order valence-corrected chi connectivity index (χ3v) is 4.34. The van der Waals surface area contributed by atoms with E-state index in [1.807, 2.05) is 6.07 Å². The van der Waals surface area contributed by atoms with Crippen LogP contribution >= 0.6 is 11.8 Å². The summed E-state index contributed by atoms with van der Waals surface area (Å²) in [4.78, 5) is 12.0. The second-order valence-corrected chi connectivity index (χ2v) is 6.09. The molecule has 1 aliphatic heterocycles. The first-order valence-electron chi connectivity index (χ1n) is 5.90. The van der Waals surface area contributed by atoms with Crippen molar-refractivity contribution < 1.29 is 9.18 Å². The molecule has 0 saturated heterocycles. The maximum absolute atomic E-state index is 13.7. The third kappa shape index (κ3) is 2.52. The Morgan fingerprint density at radius 3 is 2.94 bits per heavy atom. The van der Waals surface area contributed by atoms with Gasteiger partial charge in [0.15, 0.2) is 0 Å². The molecule has 1 amide bonds. The number of rotatable bonds is 3. The normalized spacial score (nSPS) is 19.4. The zero-order chi connectivity index (χ0) is 13.3. The summed E-state index contributed by atoms with van der Waals surface area (Å²) in [6.45, 7) is 3.49.